The molecule has 17 heavy (non-hydrogen) atoms. The molecule has 1 aromatic heterocycles. The number of benzene rings is 1. The van der Waals surface area contributed by atoms with Crippen molar-refractivity contribution < 1.29 is 4.52 Å². The highest BCUT2D eigenvalue weighted by molar-refractivity contribution is 6.33. The molecule has 0 saturated carbocycles. The lowest BCUT2D eigenvalue weighted by atomic mass is 10.2. The molecule has 0 aliphatic rings. The summed E-state index contributed by atoms with van der Waals surface area (Å²) in [5.41, 5.74) is 7.02. The van der Waals surface area contributed by atoms with Crippen LogP contribution in [0.25, 0.3) is 11.5 Å². The number of anilines is 1. The van der Waals surface area contributed by atoms with Gasteiger partial charge in [0.2, 0.25) is 0 Å². The van der Waals surface area contributed by atoms with Crippen molar-refractivity contribution in [1.29, 1.82) is 0 Å². The zero-order valence-corrected chi connectivity index (χ0v) is 10.4. The van der Waals surface area contributed by atoms with Crippen molar-refractivity contribution in [1.82, 2.24) is 10.1 Å². The van der Waals surface area contributed by atoms with E-state index in [9.17, 15) is 0 Å². The van der Waals surface area contributed by atoms with Crippen LogP contribution >= 0.6 is 11.6 Å². The van der Waals surface area contributed by atoms with Gasteiger partial charge in [-0.3, -0.25) is 0 Å². The van der Waals surface area contributed by atoms with Crippen molar-refractivity contribution in [2.75, 3.05) is 5.73 Å². The van der Waals surface area contributed by atoms with E-state index in [-0.39, 0.29) is 0 Å². The Kier molecular flexibility index (Phi) is 3.64. The van der Waals surface area contributed by atoms with Crippen molar-refractivity contribution in [2.45, 2.75) is 26.2 Å². The smallest absolute Gasteiger partial charge is 0.260 e. The van der Waals surface area contributed by atoms with Gasteiger partial charge in [-0.1, -0.05) is 36.2 Å². The van der Waals surface area contributed by atoms with Crippen LogP contribution in [0.2, 0.25) is 5.02 Å². The highest BCUT2D eigenvalue weighted by Crippen LogP contribution is 2.30. The Bertz CT molecular complexity index is 510. The zero-order chi connectivity index (χ0) is 12.3. The van der Waals surface area contributed by atoms with Gasteiger partial charge in [0.1, 0.15) is 0 Å². The lowest BCUT2D eigenvalue weighted by molar-refractivity contribution is 0.421. The van der Waals surface area contributed by atoms with E-state index < -0.39 is 0 Å². The van der Waals surface area contributed by atoms with Crippen molar-refractivity contribution in [3.8, 4) is 11.5 Å². The Morgan fingerprint density at radius 3 is 3.00 bits per heavy atom. The molecule has 1 aromatic carbocycles. The molecule has 0 spiro atoms. The van der Waals surface area contributed by atoms with Gasteiger partial charge in [0.25, 0.3) is 5.89 Å². The average molecular weight is 252 g/mol. The van der Waals surface area contributed by atoms with Gasteiger partial charge < -0.3 is 10.3 Å². The number of unbranched alkanes of at least 4 members (excludes halogenated alkanes) is 1. The predicted molar refractivity (Wildman–Crippen MR) is 67.8 cm³/mol. The molecule has 0 aliphatic heterocycles. The van der Waals surface area contributed by atoms with Crippen LogP contribution < -0.4 is 5.73 Å². The van der Waals surface area contributed by atoms with E-state index >= 15 is 0 Å². The molecule has 0 radical (unpaired) electrons. The maximum Gasteiger partial charge on any atom is 0.260 e. The molecule has 1 heterocycles. The number of nitrogens with zero attached hydrogens (tertiary/aromatic N) is 2. The summed E-state index contributed by atoms with van der Waals surface area (Å²) in [5, 5.41) is 4.41. The summed E-state index contributed by atoms with van der Waals surface area (Å²) in [6.45, 7) is 2.12. The Balaban J connectivity index is 2.27. The van der Waals surface area contributed by atoms with E-state index in [0.717, 1.165) is 19.3 Å². The minimum atomic E-state index is 0.427. The first-order valence-corrected chi connectivity index (χ1v) is 5.97. The summed E-state index contributed by atoms with van der Waals surface area (Å²) >= 11 is 5.94. The fourth-order valence-electron chi connectivity index (χ4n) is 1.52. The highest BCUT2D eigenvalue weighted by Gasteiger charge is 2.12. The summed E-state index contributed by atoms with van der Waals surface area (Å²) in [5.74, 6) is 1.14. The van der Waals surface area contributed by atoms with Crippen LogP contribution in [0.15, 0.2) is 22.7 Å². The molecule has 0 aliphatic carbocycles. The van der Waals surface area contributed by atoms with Gasteiger partial charge in [0.15, 0.2) is 5.82 Å². The van der Waals surface area contributed by atoms with E-state index in [2.05, 4.69) is 17.1 Å². The summed E-state index contributed by atoms with van der Waals surface area (Å²) in [6.07, 6.45) is 2.97. The van der Waals surface area contributed by atoms with E-state index in [1.54, 1.807) is 6.07 Å². The number of nitrogens with two attached hydrogens (primary N) is 1. The molecule has 0 atom stereocenters. The Hall–Kier alpha value is -1.55. The molecular formula is C12H14ClN3O. The van der Waals surface area contributed by atoms with E-state index in [1.165, 1.54) is 0 Å². The van der Waals surface area contributed by atoms with Crippen molar-refractivity contribution in [2.24, 2.45) is 0 Å². The molecule has 4 nitrogen and oxygen atoms in total. The second kappa shape index (κ2) is 5.19. The second-order valence-electron chi connectivity index (χ2n) is 3.82. The minimum absolute atomic E-state index is 0.427. The number of rotatable bonds is 4. The summed E-state index contributed by atoms with van der Waals surface area (Å²) in [4.78, 5) is 4.30. The van der Waals surface area contributed by atoms with E-state index in [0.29, 0.717) is 28.0 Å². The van der Waals surface area contributed by atoms with Crippen molar-refractivity contribution in [3.05, 3.63) is 29.0 Å². The number of para-hydroxylation sites is 1. The maximum absolute atomic E-state index is 5.94. The summed E-state index contributed by atoms with van der Waals surface area (Å²) in [7, 11) is 0. The summed E-state index contributed by atoms with van der Waals surface area (Å²) in [6, 6.07) is 5.36. The fraction of sp³-hybridized carbons (Fsp3) is 0.333. The SMILES string of the molecule is CCCCc1noc(-c2cccc(Cl)c2N)n1. The highest BCUT2D eigenvalue weighted by atomic mass is 35.5. The van der Waals surface area contributed by atoms with Crippen LogP contribution in [-0.2, 0) is 6.42 Å². The minimum Gasteiger partial charge on any atom is -0.397 e. The quantitative estimate of drug-likeness (QED) is 0.847. The number of hydrogen-bond donors (Lipinski definition) is 1. The third-order valence-electron chi connectivity index (χ3n) is 2.51. The van der Waals surface area contributed by atoms with Gasteiger partial charge in [-0.25, -0.2) is 0 Å². The molecule has 0 bridgehead atoms. The van der Waals surface area contributed by atoms with Gasteiger partial charge in [0.05, 0.1) is 16.3 Å². The number of halogens is 1. The number of aryl methyl sites for hydroxylation is 1. The van der Waals surface area contributed by atoms with Crippen LogP contribution in [-0.4, -0.2) is 10.1 Å². The molecular weight excluding hydrogens is 238 g/mol. The van der Waals surface area contributed by atoms with Crippen molar-refractivity contribution in [3.63, 3.8) is 0 Å². The zero-order valence-electron chi connectivity index (χ0n) is 9.61. The van der Waals surface area contributed by atoms with Gasteiger partial charge >= 0.3 is 0 Å². The lowest BCUT2D eigenvalue weighted by Crippen LogP contribution is -1.92. The molecule has 0 amide bonds. The molecule has 2 aromatic rings. The number of nitrogen functional groups attached to an aromatic ring is 1. The molecule has 5 heteroatoms. The molecule has 2 N–H and O–H groups in total. The van der Waals surface area contributed by atoms with Gasteiger partial charge in [-0.2, -0.15) is 4.98 Å². The lowest BCUT2D eigenvalue weighted by Gasteiger charge is -2.01. The Morgan fingerprint density at radius 2 is 2.24 bits per heavy atom. The molecule has 2 rings (SSSR count). The monoisotopic (exact) mass is 251 g/mol. The summed E-state index contributed by atoms with van der Waals surface area (Å²) < 4.78 is 5.18. The predicted octanol–water partition coefficient (Wildman–Crippen LogP) is 3.31. The van der Waals surface area contributed by atoms with Crippen LogP contribution in [0.3, 0.4) is 0 Å². The van der Waals surface area contributed by atoms with Crippen LogP contribution in [0, 0.1) is 0 Å². The second-order valence-corrected chi connectivity index (χ2v) is 4.23. The third kappa shape index (κ3) is 2.58. The van der Waals surface area contributed by atoms with Crippen molar-refractivity contribution >= 4 is 17.3 Å². The molecule has 0 saturated heterocycles. The van der Waals surface area contributed by atoms with Gasteiger partial charge in [-0.15, -0.1) is 0 Å². The van der Waals surface area contributed by atoms with Crippen LogP contribution in [0.4, 0.5) is 5.69 Å². The molecule has 0 unspecified atom stereocenters. The van der Waals surface area contributed by atoms with E-state index in [1.807, 2.05) is 12.1 Å². The Morgan fingerprint density at radius 1 is 1.41 bits per heavy atom. The van der Waals surface area contributed by atoms with Crippen LogP contribution in [0.1, 0.15) is 25.6 Å². The first-order chi connectivity index (χ1) is 8.22. The van der Waals surface area contributed by atoms with Gasteiger partial charge in [-0.05, 0) is 18.6 Å². The normalized spacial score (nSPS) is 10.7. The van der Waals surface area contributed by atoms with E-state index in [4.69, 9.17) is 21.9 Å². The number of hydrogen-bond acceptors (Lipinski definition) is 4. The topological polar surface area (TPSA) is 64.9 Å². The Labute approximate surface area is 105 Å². The average Bonchev–Trinajstić information content (AvgIpc) is 2.78. The van der Waals surface area contributed by atoms with Gasteiger partial charge in [0, 0.05) is 6.42 Å². The maximum atomic E-state index is 5.94. The third-order valence-corrected chi connectivity index (χ3v) is 2.83. The number of aromatic nitrogens is 2. The first kappa shape index (κ1) is 11.9. The molecule has 0 fully saturated rings. The molecule has 90 valence electrons. The largest absolute Gasteiger partial charge is 0.397 e. The van der Waals surface area contributed by atoms with Crippen LogP contribution in [0.5, 0.6) is 0 Å². The fourth-order valence-corrected chi connectivity index (χ4v) is 1.70. The first-order valence-electron chi connectivity index (χ1n) is 5.59. The standard InChI is InChI=1S/C12H14ClN3O/c1-2-3-7-10-15-12(17-16-10)8-5-4-6-9(13)11(8)14/h4-6H,2-3,7,14H2,1H3.